The van der Waals surface area contributed by atoms with Gasteiger partial charge in [-0.05, 0) is 41.1 Å². The van der Waals surface area contributed by atoms with E-state index in [0.29, 0.717) is 0 Å². The molecule has 0 atom stereocenters. The lowest BCUT2D eigenvalue weighted by Crippen LogP contribution is -2.47. The van der Waals surface area contributed by atoms with Gasteiger partial charge < -0.3 is 0 Å². The Morgan fingerprint density at radius 1 is 1.06 bits per heavy atom. The lowest BCUT2D eigenvalue weighted by Gasteiger charge is -2.07. The van der Waals surface area contributed by atoms with Crippen molar-refractivity contribution in [3.05, 3.63) is 23.3 Å². The molecular formula is C14H20N4+2. The van der Waals surface area contributed by atoms with E-state index in [1.165, 1.54) is 41.4 Å². The summed E-state index contributed by atoms with van der Waals surface area (Å²) in [5.74, 6) is 0.975. The second kappa shape index (κ2) is 3.90. The SMILES string of the molecule is CN(C)c1n[n+](C)c2cc3c(cc2[n+]1C)CCC3. The summed E-state index contributed by atoms with van der Waals surface area (Å²) in [5.41, 5.74) is 5.48. The minimum atomic E-state index is 0.975. The number of aromatic nitrogens is 3. The molecule has 3 rings (SSSR count). The molecule has 94 valence electrons. The van der Waals surface area contributed by atoms with Gasteiger partial charge in [0.05, 0.1) is 21.1 Å². The van der Waals surface area contributed by atoms with E-state index in [1.807, 2.05) is 30.7 Å². The highest BCUT2D eigenvalue weighted by atomic mass is 15.4. The second-order valence-electron chi connectivity index (χ2n) is 5.34. The molecular weight excluding hydrogens is 224 g/mol. The minimum Gasteiger partial charge on any atom is -0.262 e. The van der Waals surface area contributed by atoms with Crippen molar-refractivity contribution in [1.82, 2.24) is 5.10 Å². The van der Waals surface area contributed by atoms with Gasteiger partial charge in [0.15, 0.2) is 17.7 Å². The van der Waals surface area contributed by atoms with E-state index in [9.17, 15) is 0 Å². The first-order valence-electron chi connectivity index (χ1n) is 6.47. The van der Waals surface area contributed by atoms with Crippen LogP contribution in [0.5, 0.6) is 0 Å². The highest BCUT2D eigenvalue weighted by Gasteiger charge is 2.26. The highest BCUT2D eigenvalue weighted by Crippen LogP contribution is 2.24. The maximum absolute atomic E-state index is 4.63. The maximum atomic E-state index is 4.63. The van der Waals surface area contributed by atoms with Crippen LogP contribution in [0.2, 0.25) is 0 Å². The molecule has 1 aromatic heterocycles. The van der Waals surface area contributed by atoms with Gasteiger partial charge in [-0.1, -0.05) is 0 Å². The van der Waals surface area contributed by atoms with Crippen molar-refractivity contribution < 1.29 is 9.25 Å². The summed E-state index contributed by atoms with van der Waals surface area (Å²) in [4.78, 5) is 2.05. The number of nitrogens with zero attached hydrogens (tertiary/aromatic N) is 4. The average molecular weight is 244 g/mol. The van der Waals surface area contributed by atoms with Crippen molar-refractivity contribution >= 4 is 17.0 Å². The number of aryl methyl sites for hydroxylation is 4. The van der Waals surface area contributed by atoms with Crippen LogP contribution in [-0.2, 0) is 26.9 Å². The van der Waals surface area contributed by atoms with Gasteiger partial charge in [0.1, 0.15) is 0 Å². The van der Waals surface area contributed by atoms with Gasteiger partial charge in [0.2, 0.25) is 0 Å². The van der Waals surface area contributed by atoms with Crippen molar-refractivity contribution in [2.45, 2.75) is 19.3 Å². The first-order valence-corrected chi connectivity index (χ1v) is 6.47. The standard InChI is InChI=1S/C14H20N4/c1-16(2)14-15-18(4)13-9-11-7-5-6-10(11)8-12(13)17(14)3/h8-9H,5-7H2,1-4H3/q+2. The molecule has 18 heavy (non-hydrogen) atoms. The van der Waals surface area contributed by atoms with Crippen molar-refractivity contribution in [3.63, 3.8) is 0 Å². The van der Waals surface area contributed by atoms with Crippen LogP contribution < -0.4 is 14.1 Å². The first kappa shape index (κ1) is 11.4. The Bertz CT molecular complexity index is 631. The highest BCUT2D eigenvalue weighted by molar-refractivity contribution is 5.71. The zero-order valence-electron chi connectivity index (χ0n) is 11.6. The Kier molecular flexibility index (Phi) is 2.47. The molecule has 0 fully saturated rings. The molecule has 0 spiro atoms. The van der Waals surface area contributed by atoms with Crippen LogP contribution >= 0.6 is 0 Å². The molecule has 1 aliphatic rings. The lowest BCUT2D eigenvalue weighted by atomic mass is 10.1. The topological polar surface area (TPSA) is 23.9 Å². The molecule has 0 unspecified atom stereocenters. The van der Waals surface area contributed by atoms with Gasteiger partial charge in [0.25, 0.3) is 5.52 Å². The van der Waals surface area contributed by atoms with E-state index in [2.05, 4.69) is 28.8 Å². The Morgan fingerprint density at radius 2 is 1.67 bits per heavy atom. The van der Waals surface area contributed by atoms with E-state index in [4.69, 9.17) is 0 Å². The fourth-order valence-corrected chi connectivity index (χ4v) is 2.88. The Hall–Kier alpha value is -1.71. The third kappa shape index (κ3) is 1.55. The molecule has 0 saturated heterocycles. The number of fused-ring (bicyclic) bond motifs is 2. The van der Waals surface area contributed by atoms with Crippen molar-refractivity contribution in [2.75, 3.05) is 19.0 Å². The number of hydrogen-bond acceptors (Lipinski definition) is 2. The predicted octanol–water partition coefficient (Wildman–Crippen LogP) is 0.438. The Morgan fingerprint density at radius 3 is 2.28 bits per heavy atom. The zero-order chi connectivity index (χ0) is 12.9. The summed E-state index contributed by atoms with van der Waals surface area (Å²) in [6.07, 6.45) is 3.71. The van der Waals surface area contributed by atoms with E-state index in [0.717, 1.165) is 5.95 Å². The van der Waals surface area contributed by atoms with E-state index >= 15 is 0 Å². The van der Waals surface area contributed by atoms with E-state index in [-0.39, 0.29) is 0 Å². The third-order valence-corrected chi connectivity index (χ3v) is 3.84. The fourth-order valence-electron chi connectivity index (χ4n) is 2.88. The number of hydrogen-bond donors (Lipinski definition) is 0. The van der Waals surface area contributed by atoms with Gasteiger partial charge in [0, 0.05) is 6.07 Å². The van der Waals surface area contributed by atoms with Gasteiger partial charge >= 0.3 is 5.95 Å². The van der Waals surface area contributed by atoms with Crippen LogP contribution in [0, 0.1) is 0 Å². The van der Waals surface area contributed by atoms with Crippen LogP contribution in [0.4, 0.5) is 5.95 Å². The van der Waals surface area contributed by atoms with Crippen LogP contribution in [0.1, 0.15) is 17.5 Å². The van der Waals surface area contributed by atoms with Crippen LogP contribution in [0.25, 0.3) is 11.0 Å². The molecule has 1 aliphatic carbocycles. The van der Waals surface area contributed by atoms with Gasteiger partial charge in [-0.3, -0.25) is 4.90 Å². The molecule has 0 amide bonds. The first-order chi connectivity index (χ1) is 8.58. The molecule has 1 aromatic carbocycles. The van der Waals surface area contributed by atoms with Crippen LogP contribution in [0.15, 0.2) is 12.1 Å². The summed E-state index contributed by atoms with van der Waals surface area (Å²) in [6.45, 7) is 0. The molecule has 4 heteroatoms. The smallest absolute Gasteiger partial charge is 0.262 e. The summed E-state index contributed by atoms with van der Waals surface area (Å²) in [6, 6.07) is 4.65. The number of rotatable bonds is 1. The molecule has 2 aromatic rings. The fraction of sp³-hybridized carbons (Fsp3) is 0.500. The lowest BCUT2D eigenvalue weighted by molar-refractivity contribution is -0.734. The third-order valence-electron chi connectivity index (χ3n) is 3.84. The number of anilines is 1. The zero-order valence-corrected chi connectivity index (χ0v) is 11.6. The van der Waals surface area contributed by atoms with Crippen molar-refractivity contribution in [2.24, 2.45) is 14.1 Å². The average Bonchev–Trinajstić information content (AvgIpc) is 2.78. The monoisotopic (exact) mass is 244 g/mol. The molecule has 4 nitrogen and oxygen atoms in total. The van der Waals surface area contributed by atoms with E-state index < -0.39 is 0 Å². The van der Waals surface area contributed by atoms with Gasteiger partial charge in [-0.15, -0.1) is 0 Å². The Labute approximate surface area is 107 Å². The molecule has 0 radical (unpaired) electrons. The quantitative estimate of drug-likeness (QED) is 0.680. The molecule has 0 saturated carbocycles. The minimum absolute atomic E-state index is 0.975. The molecule has 1 heterocycles. The summed E-state index contributed by atoms with van der Waals surface area (Å²) < 4.78 is 4.16. The van der Waals surface area contributed by atoms with Gasteiger partial charge in [-0.25, -0.2) is 4.57 Å². The maximum Gasteiger partial charge on any atom is 0.460 e. The van der Waals surface area contributed by atoms with Crippen molar-refractivity contribution in [3.8, 4) is 0 Å². The normalized spacial score (nSPS) is 14.0. The predicted molar refractivity (Wildman–Crippen MR) is 70.4 cm³/mol. The van der Waals surface area contributed by atoms with Gasteiger partial charge in [-0.2, -0.15) is 0 Å². The van der Waals surface area contributed by atoms with Crippen LogP contribution in [-0.4, -0.2) is 19.2 Å². The summed E-state index contributed by atoms with van der Waals surface area (Å²) >= 11 is 0. The molecule has 0 aliphatic heterocycles. The summed E-state index contributed by atoms with van der Waals surface area (Å²) in [5, 5.41) is 4.63. The largest absolute Gasteiger partial charge is 0.460 e. The summed E-state index contributed by atoms with van der Waals surface area (Å²) in [7, 11) is 8.17. The van der Waals surface area contributed by atoms with Crippen LogP contribution in [0.3, 0.4) is 0 Å². The molecule has 0 N–H and O–H groups in total. The van der Waals surface area contributed by atoms with E-state index in [1.54, 1.807) is 0 Å². The second-order valence-corrected chi connectivity index (χ2v) is 5.34. The molecule has 0 bridgehead atoms. The Balaban J connectivity index is 2.36. The van der Waals surface area contributed by atoms with Crippen molar-refractivity contribution in [1.29, 1.82) is 0 Å². The number of benzene rings is 1.